The van der Waals surface area contributed by atoms with Gasteiger partial charge in [-0.05, 0) is 38.1 Å². The first-order chi connectivity index (χ1) is 15.5. The smallest absolute Gasteiger partial charge is 0.469 e. The summed E-state index contributed by atoms with van der Waals surface area (Å²) in [4.78, 5) is 33.5. The molecule has 1 aliphatic heterocycles. The number of hydrogen-bond donors (Lipinski definition) is 4. The Morgan fingerprint density at radius 1 is 1.21 bits per heavy atom. The zero-order chi connectivity index (χ0) is 24.1. The van der Waals surface area contributed by atoms with Crippen LogP contribution in [0.15, 0.2) is 45.6 Å². The highest BCUT2D eigenvalue weighted by atomic mass is 35.5. The molecule has 0 aliphatic carbocycles. The minimum absolute atomic E-state index is 0.0517. The van der Waals surface area contributed by atoms with Crippen LogP contribution in [0, 0.1) is 0 Å². The second-order valence-electron chi connectivity index (χ2n) is 7.91. The van der Waals surface area contributed by atoms with Crippen LogP contribution in [0.25, 0.3) is 22.3 Å². The number of phenols is 2. The fourth-order valence-electron chi connectivity index (χ4n) is 4.22. The van der Waals surface area contributed by atoms with Gasteiger partial charge in [-0.25, -0.2) is 4.57 Å². The van der Waals surface area contributed by atoms with Gasteiger partial charge in [-0.15, -0.1) is 0 Å². The molecule has 172 valence electrons. The molecule has 1 fully saturated rings. The van der Waals surface area contributed by atoms with Gasteiger partial charge >= 0.3 is 7.82 Å². The van der Waals surface area contributed by atoms with Crippen LogP contribution in [0.2, 0.25) is 5.02 Å². The standard InChI is InChI=1S/C21H20BClNO8P/c1-24-7-6-11(19(21(24)22)32-33(28,29)30)17-13(25)8-14(26)18-15(27)9-16(31-20(17)18)10-4-2-3-5-12(10)23/h2-5,8-9,11,19,21,25-26H,6-7H2,1H3,(H2,28,29,30). The number of phosphoric acid groups is 1. The average Bonchev–Trinajstić information content (AvgIpc) is 2.71. The van der Waals surface area contributed by atoms with Gasteiger partial charge in [0.25, 0.3) is 0 Å². The van der Waals surface area contributed by atoms with Gasteiger partial charge in [0, 0.05) is 29.2 Å². The van der Waals surface area contributed by atoms with Crippen molar-refractivity contribution in [3.8, 4) is 22.8 Å². The zero-order valence-electron chi connectivity index (χ0n) is 17.4. The molecule has 2 heterocycles. The normalized spacial score (nSPS) is 22.0. The number of phosphoric ester groups is 1. The molecule has 4 N–H and O–H groups in total. The van der Waals surface area contributed by atoms with E-state index in [0.29, 0.717) is 17.1 Å². The maximum Gasteiger partial charge on any atom is 0.469 e. The first kappa shape index (κ1) is 23.8. The molecule has 2 aromatic carbocycles. The molecule has 9 nitrogen and oxygen atoms in total. The fraction of sp³-hybridized carbons (Fsp3) is 0.286. The van der Waals surface area contributed by atoms with Crippen LogP contribution in [0.1, 0.15) is 17.9 Å². The van der Waals surface area contributed by atoms with Crippen LogP contribution in [-0.4, -0.2) is 58.4 Å². The fourth-order valence-corrected chi connectivity index (χ4v) is 5.04. The van der Waals surface area contributed by atoms with E-state index in [1.807, 2.05) is 0 Å². The summed E-state index contributed by atoms with van der Waals surface area (Å²) in [5.41, 5.74) is -0.267. The van der Waals surface area contributed by atoms with E-state index in [1.165, 1.54) is 6.07 Å². The molecule has 0 bridgehead atoms. The van der Waals surface area contributed by atoms with E-state index >= 15 is 0 Å². The van der Waals surface area contributed by atoms with Gasteiger partial charge in [-0.1, -0.05) is 23.7 Å². The van der Waals surface area contributed by atoms with Crippen LogP contribution in [0.4, 0.5) is 0 Å². The molecule has 0 amide bonds. The topological polar surface area (TPSA) is 141 Å². The molecule has 1 saturated heterocycles. The molecule has 4 rings (SSSR count). The van der Waals surface area contributed by atoms with E-state index in [0.717, 1.165) is 6.07 Å². The van der Waals surface area contributed by atoms with Crippen molar-refractivity contribution in [2.24, 2.45) is 0 Å². The highest BCUT2D eigenvalue weighted by Gasteiger charge is 2.41. The predicted octanol–water partition coefficient (Wildman–Crippen LogP) is 2.92. The molecule has 33 heavy (non-hydrogen) atoms. The highest BCUT2D eigenvalue weighted by molar-refractivity contribution is 7.46. The number of aromatic hydroxyl groups is 2. The first-order valence-electron chi connectivity index (χ1n) is 9.95. The number of likely N-dealkylation sites (N-methyl/N-ethyl adjacent to an activating group) is 1. The summed E-state index contributed by atoms with van der Waals surface area (Å²) in [5, 5.41) is 21.3. The molecule has 1 aromatic heterocycles. The summed E-state index contributed by atoms with van der Waals surface area (Å²) in [6.45, 7) is 0.406. The molecule has 12 heteroatoms. The molecule has 1 aliphatic rings. The van der Waals surface area contributed by atoms with Crippen LogP contribution in [0.5, 0.6) is 11.5 Å². The van der Waals surface area contributed by atoms with Gasteiger partial charge < -0.3 is 29.3 Å². The van der Waals surface area contributed by atoms with E-state index in [1.54, 1.807) is 36.2 Å². The molecule has 2 radical (unpaired) electrons. The number of benzene rings is 2. The third-order valence-corrected chi connectivity index (χ3v) is 6.65. The number of piperidine rings is 1. The summed E-state index contributed by atoms with van der Waals surface area (Å²) in [5.74, 6) is -2.64. The Balaban J connectivity index is 1.99. The average molecular weight is 492 g/mol. The Labute approximate surface area is 194 Å². The maximum absolute atomic E-state index is 12.9. The Morgan fingerprint density at radius 2 is 1.91 bits per heavy atom. The molecule has 3 aromatic rings. The lowest BCUT2D eigenvalue weighted by Gasteiger charge is -2.42. The summed E-state index contributed by atoms with van der Waals surface area (Å²) < 4.78 is 22.7. The Hall–Kier alpha value is -2.33. The van der Waals surface area contributed by atoms with Crippen molar-refractivity contribution in [2.75, 3.05) is 13.6 Å². The summed E-state index contributed by atoms with van der Waals surface area (Å²) in [6.07, 6.45) is -0.986. The van der Waals surface area contributed by atoms with E-state index < -0.39 is 42.7 Å². The predicted molar refractivity (Wildman–Crippen MR) is 123 cm³/mol. The molecule has 3 atom stereocenters. The number of likely N-dealkylation sites (tertiary alicyclic amines) is 1. The second-order valence-corrected chi connectivity index (χ2v) is 9.51. The molecule has 0 spiro atoms. The van der Waals surface area contributed by atoms with Crippen LogP contribution < -0.4 is 5.43 Å². The van der Waals surface area contributed by atoms with Crippen molar-refractivity contribution >= 4 is 38.2 Å². The van der Waals surface area contributed by atoms with Crippen molar-refractivity contribution < 1.29 is 33.5 Å². The van der Waals surface area contributed by atoms with Crippen molar-refractivity contribution in [2.45, 2.75) is 24.4 Å². The number of phenolic OH excluding ortho intramolecular Hbond substituents is 2. The number of halogens is 1. The Bertz CT molecular complexity index is 1330. The number of hydrogen-bond acceptors (Lipinski definition) is 7. The number of fused-ring (bicyclic) bond motifs is 1. The van der Waals surface area contributed by atoms with E-state index in [9.17, 15) is 29.4 Å². The minimum atomic E-state index is -4.96. The van der Waals surface area contributed by atoms with Crippen molar-refractivity contribution in [3.05, 3.63) is 57.2 Å². The van der Waals surface area contributed by atoms with Gasteiger partial charge in [0.1, 0.15) is 28.2 Å². The van der Waals surface area contributed by atoms with Gasteiger partial charge in [-0.3, -0.25) is 9.32 Å². The monoisotopic (exact) mass is 491 g/mol. The summed E-state index contributed by atoms with van der Waals surface area (Å²) >= 11 is 6.25. The third kappa shape index (κ3) is 4.55. The Morgan fingerprint density at radius 3 is 2.58 bits per heavy atom. The quantitative estimate of drug-likeness (QED) is 0.320. The van der Waals surface area contributed by atoms with E-state index in [-0.39, 0.29) is 28.7 Å². The molecule has 3 unspecified atom stereocenters. The number of rotatable bonds is 4. The van der Waals surface area contributed by atoms with Gasteiger partial charge in [0.15, 0.2) is 5.43 Å². The maximum atomic E-state index is 12.9. The van der Waals surface area contributed by atoms with Crippen molar-refractivity contribution in [1.82, 2.24) is 4.90 Å². The van der Waals surface area contributed by atoms with Crippen LogP contribution in [-0.2, 0) is 9.09 Å². The largest absolute Gasteiger partial charge is 0.507 e. The number of nitrogens with zero attached hydrogens (tertiary/aromatic N) is 1. The molecular weight excluding hydrogens is 471 g/mol. The van der Waals surface area contributed by atoms with Gasteiger partial charge in [-0.2, -0.15) is 0 Å². The van der Waals surface area contributed by atoms with Gasteiger partial charge in [0.2, 0.25) is 0 Å². The Kier molecular flexibility index (Phi) is 6.35. The SMILES string of the molecule is [B]C1C(OP(=O)(O)O)C(c2c(O)cc(O)c3c(=O)cc(-c4ccccc4Cl)oc23)CCN1C. The van der Waals surface area contributed by atoms with Gasteiger partial charge in [0.05, 0.1) is 19.0 Å². The summed E-state index contributed by atoms with van der Waals surface area (Å²) in [6, 6.07) is 8.82. The lowest BCUT2D eigenvalue weighted by atomic mass is 9.74. The zero-order valence-corrected chi connectivity index (χ0v) is 19.0. The van der Waals surface area contributed by atoms with Crippen LogP contribution in [0.3, 0.4) is 0 Å². The minimum Gasteiger partial charge on any atom is -0.507 e. The lowest BCUT2D eigenvalue weighted by Crippen LogP contribution is -2.51. The molecule has 0 saturated carbocycles. The van der Waals surface area contributed by atoms with Crippen molar-refractivity contribution in [1.29, 1.82) is 0 Å². The van der Waals surface area contributed by atoms with Crippen molar-refractivity contribution in [3.63, 3.8) is 0 Å². The summed E-state index contributed by atoms with van der Waals surface area (Å²) in [7, 11) is 2.88. The highest BCUT2D eigenvalue weighted by Crippen LogP contribution is 2.49. The lowest BCUT2D eigenvalue weighted by molar-refractivity contribution is 0.0376. The first-order valence-corrected chi connectivity index (χ1v) is 11.9. The third-order valence-electron chi connectivity index (χ3n) is 5.80. The van der Waals surface area contributed by atoms with Crippen LogP contribution >= 0.6 is 19.4 Å². The second kappa shape index (κ2) is 8.79. The van der Waals surface area contributed by atoms with E-state index in [2.05, 4.69) is 0 Å². The molecular formula is C21H20BClNO8P. The van der Waals surface area contributed by atoms with E-state index in [4.69, 9.17) is 28.4 Å².